The molecule has 0 aromatic heterocycles. The minimum absolute atomic E-state index is 0. The van der Waals surface area contributed by atoms with Gasteiger partial charge in [0, 0.05) is 51.8 Å². The Kier molecular flexibility index (Phi) is 9.04. The number of benzene rings is 1. The van der Waals surface area contributed by atoms with Gasteiger partial charge in [0.25, 0.3) is 5.91 Å². The molecule has 1 unspecified atom stereocenters. The van der Waals surface area contributed by atoms with Gasteiger partial charge >= 0.3 is 0 Å². The molecular formula is C24H37IN4O3. The zero-order valence-electron chi connectivity index (χ0n) is 19.3. The Balaban J connectivity index is 0.00000289. The van der Waals surface area contributed by atoms with Crippen molar-refractivity contribution < 1.29 is 14.3 Å². The van der Waals surface area contributed by atoms with Crippen LogP contribution < -0.4 is 10.1 Å². The average molecular weight is 556 g/mol. The van der Waals surface area contributed by atoms with Crippen molar-refractivity contribution in [1.82, 2.24) is 15.1 Å². The third-order valence-electron chi connectivity index (χ3n) is 7.14. The molecule has 2 aliphatic heterocycles. The van der Waals surface area contributed by atoms with Gasteiger partial charge in [-0.1, -0.05) is 25.0 Å². The Morgan fingerprint density at radius 3 is 2.53 bits per heavy atom. The van der Waals surface area contributed by atoms with Crippen LogP contribution in [0.4, 0.5) is 0 Å². The minimum atomic E-state index is -0.228. The number of nitrogens with zero attached hydrogens (tertiary/aromatic N) is 3. The molecule has 0 bridgehead atoms. The summed E-state index contributed by atoms with van der Waals surface area (Å²) in [4.78, 5) is 21.4. The number of methoxy groups -OCH3 is 1. The van der Waals surface area contributed by atoms with E-state index in [1.807, 2.05) is 18.0 Å². The van der Waals surface area contributed by atoms with Gasteiger partial charge in [0.2, 0.25) is 0 Å². The normalized spacial score (nSPS) is 23.1. The molecule has 32 heavy (non-hydrogen) atoms. The van der Waals surface area contributed by atoms with E-state index < -0.39 is 0 Å². The number of carbonyl (C=O) groups excluding carboxylic acids is 1. The summed E-state index contributed by atoms with van der Waals surface area (Å²) < 4.78 is 11.1. The molecule has 8 heteroatoms. The molecule has 178 valence electrons. The predicted octanol–water partition coefficient (Wildman–Crippen LogP) is 3.02. The molecule has 3 fully saturated rings. The molecule has 0 spiro atoms. The van der Waals surface area contributed by atoms with Gasteiger partial charge in [0.1, 0.15) is 11.9 Å². The molecule has 1 amide bonds. The second-order valence-electron chi connectivity index (χ2n) is 8.93. The Morgan fingerprint density at radius 1 is 1.19 bits per heavy atom. The van der Waals surface area contributed by atoms with Crippen LogP contribution in [0.15, 0.2) is 29.3 Å². The van der Waals surface area contributed by atoms with E-state index >= 15 is 0 Å². The van der Waals surface area contributed by atoms with Crippen LogP contribution in [-0.2, 0) is 14.9 Å². The van der Waals surface area contributed by atoms with Gasteiger partial charge in [-0.05, 0) is 43.4 Å². The lowest BCUT2D eigenvalue weighted by atomic mass is 9.78. The topological polar surface area (TPSA) is 66.4 Å². The van der Waals surface area contributed by atoms with E-state index in [0.717, 1.165) is 57.3 Å². The number of hydrogen-bond acceptors (Lipinski definition) is 4. The maximum Gasteiger partial charge on any atom is 0.251 e. The quantitative estimate of drug-likeness (QED) is 0.343. The van der Waals surface area contributed by atoms with E-state index in [1.54, 1.807) is 7.11 Å². The molecule has 1 aliphatic carbocycles. The largest absolute Gasteiger partial charge is 0.497 e. The van der Waals surface area contributed by atoms with E-state index in [1.165, 1.54) is 31.2 Å². The molecule has 7 nitrogen and oxygen atoms in total. The number of piperazine rings is 1. The van der Waals surface area contributed by atoms with Crippen molar-refractivity contribution in [1.29, 1.82) is 0 Å². The van der Waals surface area contributed by atoms with Gasteiger partial charge in [-0.25, -0.2) is 0 Å². The van der Waals surface area contributed by atoms with E-state index in [2.05, 4.69) is 33.4 Å². The number of nitrogens with one attached hydrogen (secondary N) is 1. The van der Waals surface area contributed by atoms with Crippen LogP contribution in [0.5, 0.6) is 5.75 Å². The number of guanidine groups is 1. The van der Waals surface area contributed by atoms with Crippen molar-refractivity contribution in [2.24, 2.45) is 4.99 Å². The number of amides is 1. The molecule has 3 aliphatic rings. The second kappa shape index (κ2) is 11.5. The Hall–Kier alpha value is -1.55. The number of aliphatic imine (C=N–C) groups is 1. The number of hydrogen-bond donors (Lipinski definition) is 1. The summed E-state index contributed by atoms with van der Waals surface area (Å²) in [5.74, 6) is 2.00. The molecule has 1 aromatic carbocycles. The highest BCUT2D eigenvalue weighted by Gasteiger charge is 2.37. The summed E-state index contributed by atoms with van der Waals surface area (Å²) in [5.41, 5.74) is 1.46. The molecule has 1 atom stereocenters. The number of carbonyl (C=O) groups is 1. The van der Waals surface area contributed by atoms with E-state index in [0.29, 0.717) is 6.61 Å². The Labute approximate surface area is 208 Å². The van der Waals surface area contributed by atoms with Crippen LogP contribution in [0.1, 0.15) is 44.1 Å². The average Bonchev–Trinajstić information content (AvgIpc) is 3.53. The molecule has 2 heterocycles. The van der Waals surface area contributed by atoms with Gasteiger partial charge in [-0.2, -0.15) is 0 Å². The Bertz CT molecular complexity index is 783. The maximum absolute atomic E-state index is 12.6. The van der Waals surface area contributed by atoms with Crippen LogP contribution in [0.25, 0.3) is 0 Å². The third-order valence-corrected chi connectivity index (χ3v) is 7.14. The summed E-state index contributed by atoms with van der Waals surface area (Å²) in [6.45, 7) is 4.61. The summed E-state index contributed by atoms with van der Waals surface area (Å²) >= 11 is 0. The van der Waals surface area contributed by atoms with Gasteiger partial charge in [-0.15, -0.1) is 24.0 Å². The van der Waals surface area contributed by atoms with Gasteiger partial charge in [-0.3, -0.25) is 9.79 Å². The number of ether oxygens (including phenoxy) is 2. The number of halogens is 1. The van der Waals surface area contributed by atoms with Crippen LogP contribution in [0.2, 0.25) is 0 Å². The molecule has 2 saturated heterocycles. The molecule has 1 aromatic rings. The highest BCUT2D eigenvalue weighted by molar-refractivity contribution is 14.0. The summed E-state index contributed by atoms with van der Waals surface area (Å²) in [6, 6.07) is 8.52. The summed E-state index contributed by atoms with van der Waals surface area (Å²) in [7, 11) is 3.57. The zero-order chi connectivity index (χ0) is 21.7. The van der Waals surface area contributed by atoms with Crippen molar-refractivity contribution in [3.8, 4) is 5.75 Å². The van der Waals surface area contributed by atoms with Gasteiger partial charge in [0.05, 0.1) is 7.11 Å². The second-order valence-corrected chi connectivity index (χ2v) is 8.93. The molecular weight excluding hydrogens is 519 g/mol. The standard InChI is InChI=1S/C24H36N4O3.HI/c1-25-23(28-14-12-27(13-15-28)22(29)21-9-6-16-31-21)26-18-24(10-3-4-11-24)19-7-5-8-20(17-19)30-2;/h5,7-8,17,21H,3-4,6,9-16,18H2,1-2H3,(H,25,26);1H. The van der Waals surface area contributed by atoms with Crippen LogP contribution in [0.3, 0.4) is 0 Å². The van der Waals surface area contributed by atoms with Crippen molar-refractivity contribution >= 4 is 35.8 Å². The third kappa shape index (κ3) is 5.50. The SMILES string of the molecule is CN=C(NCC1(c2cccc(OC)c2)CCCC1)N1CCN(C(=O)C2CCCO2)CC1.I. The van der Waals surface area contributed by atoms with Crippen molar-refractivity contribution in [2.45, 2.75) is 50.0 Å². The molecule has 4 rings (SSSR count). The minimum Gasteiger partial charge on any atom is -0.497 e. The van der Waals surface area contributed by atoms with Crippen molar-refractivity contribution in [3.63, 3.8) is 0 Å². The summed E-state index contributed by atoms with van der Waals surface area (Å²) in [6.07, 6.45) is 6.47. The van der Waals surface area contributed by atoms with Crippen molar-refractivity contribution in [3.05, 3.63) is 29.8 Å². The van der Waals surface area contributed by atoms with Gasteiger partial charge < -0.3 is 24.6 Å². The summed E-state index contributed by atoms with van der Waals surface area (Å²) in [5, 5.41) is 3.66. The lowest BCUT2D eigenvalue weighted by Gasteiger charge is -2.38. The lowest BCUT2D eigenvalue weighted by Crippen LogP contribution is -2.56. The molecule has 1 N–H and O–H groups in total. The fourth-order valence-electron chi connectivity index (χ4n) is 5.27. The van der Waals surface area contributed by atoms with Gasteiger partial charge in [0.15, 0.2) is 5.96 Å². The van der Waals surface area contributed by atoms with E-state index in [-0.39, 0.29) is 41.4 Å². The van der Waals surface area contributed by atoms with Crippen LogP contribution in [0, 0.1) is 0 Å². The first kappa shape index (κ1) is 25.1. The highest BCUT2D eigenvalue weighted by Crippen LogP contribution is 2.41. The van der Waals surface area contributed by atoms with Crippen molar-refractivity contribution in [2.75, 3.05) is 53.5 Å². The maximum atomic E-state index is 12.6. The fraction of sp³-hybridized carbons (Fsp3) is 0.667. The highest BCUT2D eigenvalue weighted by atomic mass is 127. The first-order chi connectivity index (χ1) is 15.1. The van der Waals surface area contributed by atoms with Crippen LogP contribution in [-0.4, -0.2) is 81.3 Å². The first-order valence-electron chi connectivity index (χ1n) is 11.7. The van der Waals surface area contributed by atoms with E-state index in [4.69, 9.17) is 9.47 Å². The molecule has 0 radical (unpaired) electrons. The molecule has 1 saturated carbocycles. The smallest absolute Gasteiger partial charge is 0.251 e. The number of rotatable bonds is 5. The lowest BCUT2D eigenvalue weighted by molar-refractivity contribution is -0.142. The fourth-order valence-corrected chi connectivity index (χ4v) is 5.27. The Morgan fingerprint density at radius 2 is 1.91 bits per heavy atom. The predicted molar refractivity (Wildman–Crippen MR) is 137 cm³/mol. The van der Waals surface area contributed by atoms with E-state index in [9.17, 15) is 4.79 Å². The van der Waals surface area contributed by atoms with Crippen LogP contribution >= 0.6 is 24.0 Å². The monoisotopic (exact) mass is 556 g/mol. The zero-order valence-corrected chi connectivity index (χ0v) is 21.7. The first-order valence-corrected chi connectivity index (χ1v) is 11.7.